The lowest BCUT2D eigenvalue weighted by Gasteiger charge is -2.36. The lowest BCUT2D eigenvalue weighted by molar-refractivity contribution is -0.144. The van der Waals surface area contributed by atoms with Crippen molar-refractivity contribution < 1.29 is 33.5 Å². The summed E-state index contributed by atoms with van der Waals surface area (Å²) in [5.41, 5.74) is 1.49. The highest BCUT2D eigenvalue weighted by Gasteiger charge is 2.69. The number of amides is 6. The number of ketones is 1. The van der Waals surface area contributed by atoms with Crippen molar-refractivity contribution in [3.05, 3.63) is 48.0 Å². The number of piperidine rings is 1. The van der Waals surface area contributed by atoms with Gasteiger partial charge in [-0.05, 0) is 59.0 Å². The maximum absolute atomic E-state index is 14.7. The number of hydrogen-bond donors (Lipinski definition) is 5. The third-order valence-corrected chi connectivity index (χ3v) is 10.6. The van der Waals surface area contributed by atoms with E-state index in [1.807, 2.05) is 52.0 Å². The molecule has 0 spiro atoms. The first-order chi connectivity index (χ1) is 23.5. The van der Waals surface area contributed by atoms with Crippen molar-refractivity contribution >= 4 is 35.6 Å². The summed E-state index contributed by atoms with van der Waals surface area (Å²) in [5.74, 6) is -2.80. The molecular weight excluding hydrogens is 640 g/mol. The van der Waals surface area contributed by atoms with Crippen molar-refractivity contribution in [2.24, 2.45) is 28.6 Å². The quantitative estimate of drug-likeness (QED) is 0.147. The van der Waals surface area contributed by atoms with Gasteiger partial charge in [-0.1, -0.05) is 78.3 Å². The van der Waals surface area contributed by atoms with Crippen molar-refractivity contribution in [3.8, 4) is 0 Å². The number of benzene rings is 1. The van der Waals surface area contributed by atoms with Crippen LogP contribution in [0.4, 0.5) is 9.59 Å². The van der Waals surface area contributed by atoms with Gasteiger partial charge in [-0.15, -0.1) is 6.58 Å². The van der Waals surface area contributed by atoms with E-state index in [0.717, 1.165) is 11.1 Å². The van der Waals surface area contributed by atoms with Gasteiger partial charge in [0.05, 0.1) is 12.1 Å². The number of rotatable bonds is 14. The Hall–Kier alpha value is -4.42. The molecule has 6 amide bonds. The van der Waals surface area contributed by atoms with Crippen LogP contribution in [0.2, 0.25) is 0 Å². The molecule has 0 bridgehead atoms. The molecule has 274 valence electrons. The van der Waals surface area contributed by atoms with Gasteiger partial charge in [0.25, 0.3) is 5.91 Å². The third-order valence-electron chi connectivity index (χ3n) is 10.6. The van der Waals surface area contributed by atoms with Gasteiger partial charge >= 0.3 is 12.1 Å². The number of carbonyl (C=O) groups excluding carboxylic acids is 6. The highest BCUT2D eigenvalue weighted by Crippen LogP contribution is 2.65. The minimum absolute atomic E-state index is 0.0563. The van der Waals surface area contributed by atoms with Crippen molar-refractivity contribution in [2.45, 2.75) is 91.4 Å². The Bertz CT molecular complexity index is 1460. The molecule has 0 radical (unpaired) electrons. The van der Waals surface area contributed by atoms with Gasteiger partial charge in [-0.2, -0.15) is 0 Å². The van der Waals surface area contributed by atoms with Gasteiger partial charge < -0.3 is 36.2 Å². The zero-order valence-corrected chi connectivity index (χ0v) is 30.4. The Balaban J connectivity index is 1.59. The molecule has 1 aromatic rings. The molecule has 1 saturated heterocycles. The molecule has 1 aromatic carbocycles. The van der Waals surface area contributed by atoms with Crippen LogP contribution < -0.4 is 26.6 Å². The summed E-state index contributed by atoms with van der Waals surface area (Å²) in [6.07, 6.45) is 2.76. The van der Waals surface area contributed by atoms with E-state index in [1.165, 1.54) is 13.1 Å². The van der Waals surface area contributed by atoms with E-state index in [4.69, 9.17) is 4.74 Å². The predicted molar refractivity (Wildman–Crippen MR) is 188 cm³/mol. The van der Waals surface area contributed by atoms with Crippen LogP contribution in [0.1, 0.15) is 65.5 Å². The number of nitrogens with zero attached hydrogens (tertiary/aromatic N) is 1. The van der Waals surface area contributed by atoms with Crippen LogP contribution >= 0.6 is 0 Å². The van der Waals surface area contributed by atoms with E-state index in [1.54, 1.807) is 4.90 Å². The first-order valence-corrected chi connectivity index (χ1v) is 17.6. The summed E-state index contributed by atoms with van der Waals surface area (Å²) in [7, 11) is 1.45. The molecule has 1 aliphatic heterocycles. The lowest BCUT2D eigenvalue weighted by atomic mass is 9.87. The molecule has 50 heavy (non-hydrogen) atoms. The standard InChI is InChI=1S/C37H54N6O7/c1-9-13-25(30(44)32(46)39-16-10-2)40-31(45)29-27-24(37(27,6)7)19-43(29)33(47)28(23-17-21-14-11-12-15-22(21)18-23)42-34(48)41-26(36(3,4)5)20-50-35(49)38-8/h10-12,14-15,23-29H,2,9,13,16-20H2,1,3-8H3,(H,38,49)(H,39,46)(H,40,45)(H2,41,42,48)/t24-,25?,26+,27-,28-,29-/m0/s1. The summed E-state index contributed by atoms with van der Waals surface area (Å²) in [6.45, 7) is 15.6. The average molecular weight is 695 g/mol. The van der Waals surface area contributed by atoms with Crippen LogP contribution in [0, 0.1) is 28.6 Å². The van der Waals surface area contributed by atoms with Crippen LogP contribution in [0.5, 0.6) is 0 Å². The number of hydrogen-bond acceptors (Lipinski definition) is 7. The number of alkyl carbamates (subject to hydrolysis) is 1. The van der Waals surface area contributed by atoms with Gasteiger partial charge in [0.1, 0.15) is 18.7 Å². The van der Waals surface area contributed by atoms with Crippen LogP contribution in [0.25, 0.3) is 0 Å². The highest BCUT2D eigenvalue weighted by molar-refractivity contribution is 6.38. The SMILES string of the molecule is C=CCNC(=O)C(=O)C(CCC)NC(=O)[C@@H]1[C@@H]2[C@H](CN1C(=O)[C@@H](NC(=O)N[C@H](COC(=O)NC)C(C)(C)C)C1Cc3ccccc3C1)C2(C)C. The summed E-state index contributed by atoms with van der Waals surface area (Å²) in [4.78, 5) is 81.5. The average Bonchev–Trinajstić information content (AvgIpc) is 3.43. The zero-order valence-electron chi connectivity index (χ0n) is 30.4. The predicted octanol–water partition coefficient (Wildman–Crippen LogP) is 2.48. The number of carbonyl (C=O) groups is 6. The monoisotopic (exact) mass is 694 g/mol. The Morgan fingerprint density at radius 2 is 1.68 bits per heavy atom. The van der Waals surface area contributed by atoms with Crippen molar-refractivity contribution in [1.82, 2.24) is 31.5 Å². The molecule has 2 fully saturated rings. The second-order valence-electron chi connectivity index (χ2n) is 15.4. The number of nitrogens with one attached hydrogen (secondary N) is 5. The molecular formula is C37H54N6O7. The Labute approximate surface area is 295 Å². The van der Waals surface area contributed by atoms with E-state index < -0.39 is 59.3 Å². The Kier molecular flexibility index (Phi) is 12.0. The molecule has 1 saturated carbocycles. The number of likely N-dealkylation sites (tertiary alicyclic amines) is 1. The number of fused-ring (bicyclic) bond motifs is 2. The topological polar surface area (TPSA) is 175 Å². The molecule has 5 N–H and O–H groups in total. The minimum atomic E-state index is -1.05. The van der Waals surface area contributed by atoms with E-state index in [2.05, 4.69) is 47.0 Å². The Morgan fingerprint density at radius 3 is 2.24 bits per heavy atom. The zero-order chi connectivity index (χ0) is 37.0. The van der Waals surface area contributed by atoms with Crippen molar-refractivity contribution in [1.29, 1.82) is 0 Å². The summed E-state index contributed by atoms with van der Waals surface area (Å²) < 4.78 is 5.27. The number of urea groups is 1. The van der Waals surface area contributed by atoms with Gasteiger partial charge in [0, 0.05) is 20.1 Å². The summed E-state index contributed by atoms with van der Waals surface area (Å²) in [6, 6.07) is 3.84. The summed E-state index contributed by atoms with van der Waals surface area (Å²) in [5, 5.41) is 13.6. The normalized spacial score (nSPS) is 22.1. The van der Waals surface area contributed by atoms with Gasteiger partial charge in [-0.3, -0.25) is 19.2 Å². The summed E-state index contributed by atoms with van der Waals surface area (Å²) >= 11 is 0. The van der Waals surface area contributed by atoms with E-state index in [-0.39, 0.29) is 48.6 Å². The number of Topliss-reactive ketones (excluding diaryl/α,β-unsaturated/α-hetero) is 1. The molecule has 0 aromatic heterocycles. The third kappa shape index (κ3) is 8.47. The second kappa shape index (κ2) is 15.6. The molecule has 3 aliphatic rings. The molecule has 4 rings (SSSR count). The fraction of sp³-hybridized carbons (Fsp3) is 0.622. The van der Waals surface area contributed by atoms with Gasteiger partial charge in [0.15, 0.2) is 0 Å². The molecule has 1 heterocycles. The Morgan fingerprint density at radius 1 is 1.04 bits per heavy atom. The van der Waals surface area contributed by atoms with E-state index in [9.17, 15) is 28.8 Å². The van der Waals surface area contributed by atoms with Crippen LogP contribution in [0.3, 0.4) is 0 Å². The van der Waals surface area contributed by atoms with Crippen LogP contribution in [0.15, 0.2) is 36.9 Å². The van der Waals surface area contributed by atoms with Crippen LogP contribution in [-0.2, 0) is 36.8 Å². The van der Waals surface area contributed by atoms with E-state index in [0.29, 0.717) is 25.8 Å². The molecule has 1 unspecified atom stereocenters. The fourth-order valence-corrected chi connectivity index (χ4v) is 7.51. The molecule has 13 nitrogen and oxygen atoms in total. The minimum Gasteiger partial charge on any atom is -0.447 e. The molecule has 6 atom stereocenters. The first-order valence-electron chi connectivity index (χ1n) is 17.6. The smallest absolute Gasteiger partial charge is 0.406 e. The molecule has 2 aliphatic carbocycles. The highest BCUT2D eigenvalue weighted by atomic mass is 16.5. The van der Waals surface area contributed by atoms with Crippen molar-refractivity contribution in [3.63, 3.8) is 0 Å². The molecule has 13 heteroatoms. The first kappa shape index (κ1) is 38.4. The lowest BCUT2D eigenvalue weighted by Crippen LogP contribution is -2.61. The van der Waals surface area contributed by atoms with Crippen LogP contribution in [-0.4, -0.2) is 91.4 Å². The maximum atomic E-state index is 14.7. The maximum Gasteiger partial charge on any atom is 0.406 e. The largest absolute Gasteiger partial charge is 0.447 e. The second-order valence-corrected chi connectivity index (χ2v) is 15.4. The van der Waals surface area contributed by atoms with Crippen molar-refractivity contribution in [2.75, 3.05) is 26.7 Å². The fourth-order valence-electron chi connectivity index (χ4n) is 7.51. The van der Waals surface area contributed by atoms with Gasteiger partial charge in [0.2, 0.25) is 17.6 Å². The van der Waals surface area contributed by atoms with Gasteiger partial charge in [-0.25, -0.2) is 9.59 Å². The number of ether oxygens (including phenoxy) is 1. The van der Waals surface area contributed by atoms with E-state index >= 15 is 0 Å².